The van der Waals surface area contributed by atoms with E-state index in [-0.39, 0.29) is 0 Å². The van der Waals surface area contributed by atoms with Gasteiger partial charge in [0.05, 0.1) is 25.2 Å². The fraction of sp³-hybridized carbons (Fsp3) is 0.200. The van der Waals surface area contributed by atoms with E-state index in [1.54, 1.807) is 7.11 Å². The molecule has 4 nitrogen and oxygen atoms in total. The summed E-state index contributed by atoms with van der Waals surface area (Å²) in [6.07, 6.45) is 1.83. The molecule has 0 unspecified atom stereocenters. The van der Waals surface area contributed by atoms with Gasteiger partial charge in [-0.25, -0.2) is 0 Å². The number of nitrogens with zero attached hydrogens (tertiary/aromatic N) is 2. The third-order valence-corrected chi connectivity index (χ3v) is 3.15. The molecule has 0 bridgehead atoms. The molecule has 1 aliphatic heterocycles. The second-order valence-corrected chi connectivity index (χ2v) is 4.35. The maximum atomic E-state index is 5.16. The van der Waals surface area contributed by atoms with Crippen LogP contribution in [0.5, 0.6) is 5.75 Å². The second kappa shape index (κ2) is 5.20. The molecule has 19 heavy (non-hydrogen) atoms. The molecule has 0 saturated heterocycles. The molecule has 0 amide bonds. The van der Waals surface area contributed by atoms with Gasteiger partial charge in [0.2, 0.25) is 0 Å². The number of aliphatic imine (C=N–C) groups is 1. The summed E-state index contributed by atoms with van der Waals surface area (Å²) in [5.41, 5.74) is 4.26. The number of pyridine rings is 1. The summed E-state index contributed by atoms with van der Waals surface area (Å²) in [6.45, 7) is 1.53. The SMILES string of the molecule is COc1ccc(-c2cc(C3=NCNC3)ccn2)cc1. The molecule has 0 atom stereocenters. The molecule has 2 aromatic rings. The number of hydrogen-bond donors (Lipinski definition) is 1. The Labute approximate surface area is 112 Å². The summed E-state index contributed by atoms with van der Waals surface area (Å²) in [6, 6.07) is 12.0. The van der Waals surface area contributed by atoms with E-state index < -0.39 is 0 Å². The van der Waals surface area contributed by atoms with Crippen LogP contribution in [-0.4, -0.2) is 31.0 Å². The van der Waals surface area contributed by atoms with Crippen molar-refractivity contribution in [2.24, 2.45) is 4.99 Å². The van der Waals surface area contributed by atoms with Gasteiger partial charge in [0, 0.05) is 23.9 Å². The molecular weight excluding hydrogens is 238 g/mol. The average molecular weight is 253 g/mol. The third kappa shape index (κ3) is 2.48. The first-order valence-corrected chi connectivity index (χ1v) is 6.22. The first kappa shape index (κ1) is 11.9. The third-order valence-electron chi connectivity index (χ3n) is 3.15. The lowest BCUT2D eigenvalue weighted by Gasteiger charge is -2.05. The Balaban J connectivity index is 1.93. The van der Waals surface area contributed by atoms with E-state index >= 15 is 0 Å². The largest absolute Gasteiger partial charge is 0.497 e. The zero-order chi connectivity index (χ0) is 13.1. The van der Waals surface area contributed by atoms with Crippen LogP contribution in [0.4, 0.5) is 0 Å². The number of hydrogen-bond acceptors (Lipinski definition) is 4. The van der Waals surface area contributed by atoms with Crippen LogP contribution < -0.4 is 10.1 Å². The summed E-state index contributed by atoms with van der Waals surface area (Å²) in [4.78, 5) is 8.85. The van der Waals surface area contributed by atoms with Crippen LogP contribution >= 0.6 is 0 Å². The van der Waals surface area contributed by atoms with E-state index in [2.05, 4.69) is 21.4 Å². The van der Waals surface area contributed by atoms with Gasteiger partial charge in [-0.05, 0) is 36.4 Å². The Morgan fingerprint density at radius 3 is 2.63 bits per heavy atom. The first-order chi connectivity index (χ1) is 9.36. The number of nitrogens with one attached hydrogen (secondary N) is 1. The smallest absolute Gasteiger partial charge is 0.118 e. The highest BCUT2D eigenvalue weighted by molar-refractivity contribution is 6.03. The van der Waals surface area contributed by atoms with Crippen molar-refractivity contribution in [2.45, 2.75) is 0 Å². The molecule has 1 aromatic carbocycles. The van der Waals surface area contributed by atoms with Crippen molar-refractivity contribution in [3.05, 3.63) is 48.2 Å². The fourth-order valence-electron chi connectivity index (χ4n) is 2.10. The second-order valence-electron chi connectivity index (χ2n) is 4.35. The van der Waals surface area contributed by atoms with Crippen LogP contribution in [0, 0.1) is 0 Å². The lowest BCUT2D eigenvalue weighted by Crippen LogP contribution is -2.14. The average Bonchev–Trinajstić information content (AvgIpc) is 3.02. The predicted octanol–water partition coefficient (Wildman–Crippen LogP) is 2.11. The predicted molar refractivity (Wildman–Crippen MR) is 75.6 cm³/mol. The van der Waals surface area contributed by atoms with Gasteiger partial charge in [-0.15, -0.1) is 0 Å². The number of ether oxygens (including phenoxy) is 1. The Hall–Kier alpha value is -2.20. The van der Waals surface area contributed by atoms with Crippen molar-refractivity contribution in [1.82, 2.24) is 10.3 Å². The van der Waals surface area contributed by atoms with Crippen molar-refractivity contribution in [3.8, 4) is 17.0 Å². The highest BCUT2D eigenvalue weighted by atomic mass is 16.5. The first-order valence-electron chi connectivity index (χ1n) is 6.22. The number of rotatable bonds is 3. The van der Waals surface area contributed by atoms with Crippen molar-refractivity contribution < 1.29 is 4.74 Å². The number of benzene rings is 1. The molecule has 0 saturated carbocycles. The van der Waals surface area contributed by atoms with Crippen molar-refractivity contribution in [3.63, 3.8) is 0 Å². The zero-order valence-electron chi connectivity index (χ0n) is 10.8. The van der Waals surface area contributed by atoms with Gasteiger partial charge in [0.25, 0.3) is 0 Å². The van der Waals surface area contributed by atoms with Crippen LogP contribution in [0.15, 0.2) is 47.6 Å². The van der Waals surface area contributed by atoms with Crippen LogP contribution in [0.1, 0.15) is 5.56 Å². The Bertz CT molecular complexity index is 605. The lowest BCUT2D eigenvalue weighted by atomic mass is 10.1. The van der Waals surface area contributed by atoms with E-state index in [0.29, 0.717) is 6.67 Å². The van der Waals surface area contributed by atoms with Crippen LogP contribution in [-0.2, 0) is 0 Å². The van der Waals surface area contributed by atoms with E-state index in [1.807, 2.05) is 36.5 Å². The quantitative estimate of drug-likeness (QED) is 0.911. The van der Waals surface area contributed by atoms with Crippen LogP contribution in [0.2, 0.25) is 0 Å². The van der Waals surface area contributed by atoms with E-state index in [0.717, 1.165) is 34.8 Å². The van der Waals surface area contributed by atoms with Crippen molar-refractivity contribution in [1.29, 1.82) is 0 Å². The van der Waals surface area contributed by atoms with Gasteiger partial charge < -0.3 is 4.74 Å². The molecule has 4 heteroatoms. The van der Waals surface area contributed by atoms with Crippen LogP contribution in [0.3, 0.4) is 0 Å². The normalized spacial score (nSPS) is 14.3. The minimum atomic E-state index is 0.704. The molecule has 3 rings (SSSR count). The van der Waals surface area contributed by atoms with Crippen molar-refractivity contribution in [2.75, 3.05) is 20.3 Å². The molecule has 1 aromatic heterocycles. The minimum Gasteiger partial charge on any atom is -0.497 e. The van der Waals surface area contributed by atoms with E-state index in [4.69, 9.17) is 4.74 Å². The highest BCUT2D eigenvalue weighted by Gasteiger charge is 2.09. The summed E-state index contributed by atoms with van der Waals surface area (Å²) in [5, 5.41) is 3.20. The molecule has 0 aliphatic carbocycles. The summed E-state index contributed by atoms with van der Waals surface area (Å²) in [5.74, 6) is 0.851. The van der Waals surface area contributed by atoms with Gasteiger partial charge in [0.15, 0.2) is 0 Å². The van der Waals surface area contributed by atoms with E-state index in [1.165, 1.54) is 0 Å². The summed E-state index contributed by atoms with van der Waals surface area (Å²) < 4.78 is 5.16. The topological polar surface area (TPSA) is 46.5 Å². The molecule has 1 aliphatic rings. The Morgan fingerprint density at radius 1 is 1.11 bits per heavy atom. The van der Waals surface area contributed by atoms with Gasteiger partial charge in [-0.2, -0.15) is 0 Å². The standard InChI is InChI=1S/C15H15N3O/c1-19-13-4-2-11(3-5-13)14-8-12(6-7-17-14)15-9-16-10-18-15/h2-8,16H,9-10H2,1H3. The summed E-state index contributed by atoms with van der Waals surface area (Å²) >= 11 is 0. The number of methoxy groups -OCH3 is 1. The molecule has 1 N–H and O–H groups in total. The van der Waals surface area contributed by atoms with Crippen LogP contribution in [0.25, 0.3) is 11.3 Å². The molecular formula is C15H15N3O. The molecule has 0 spiro atoms. The monoisotopic (exact) mass is 253 g/mol. The Morgan fingerprint density at radius 2 is 1.95 bits per heavy atom. The summed E-state index contributed by atoms with van der Waals surface area (Å²) in [7, 11) is 1.67. The number of aromatic nitrogens is 1. The van der Waals surface area contributed by atoms with Gasteiger partial charge in [-0.3, -0.25) is 15.3 Å². The minimum absolute atomic E-state index is 0.704. The highest BCUT2D eigenvalue weighted by Crippen LogP contribution is 2.21. The maximum Gasteiger partial charge on any atom is 0.118 e. The maximum absolute atomic E-state index is 5.16. The van der Waals surface area contributed by atoms with E-state index in [9.17, 15) is 0 Å². The zero-order valence-corrected chi connectivity index (χ0v) is 10.8. The molecule has 0 fully saturated rings. The molecule has 2 heterocycles. The fourth-order valence-corrected chi connectivity index (χ4v) is 2.10. The van der Waals surface area contributed by atoms with Crippen molar-refractivity contribution >= 4 is 5.71 Å². The van der Waals surface area contributed by atoms with Gasteiger partial charge >= 0.3 is 0 Å². The van der Waals surface area contributed by atoms with Gasteiger partial charge in [-0.1, -0.05) is 0 Å². The molecule has 0 radical (unpaired) electrons. The molecule has 96 valence electrons. The lowest BCUT2D eigenvalue weighted by molar-refractivity contribution is 0.415. The van der Waals surface area contributed by atoms with Gasteiger partial charge in [0.1, 0.15) is 5.75 Å². The Kier molecular flexibility index (Phi) is 3.25.